The molecule has 0 aliphatic heterocycles. The molecule has 2 rings (SSSR count). The number of benzene rings is 1. The van der Waals surface area contributed by atoms with E-state index < -0.39 is 5.69 Å². The van der Waals surface area contributed by atoms with Crippen LogP contribution in [0.25, 0.3) is 0 Å². The second-order valence-corrected chi connectivity index (χ2v) is 3.80. The average Bonchev–Trinajstić information content (AvgIpc) is 2.45. The normalized spacial score (nSPS) is 9.68. The van der Waals surface area contributed by atoms with Crippen molar-refractivity contribution in [3.05, 3.63) is 52.1 Å². The zero-order chi connectivity index (χ0) is 13.7. The summed E-state index contributed by atoms with van der Waals surface area (Å²) in [5, 5.41) is 11.7. The van der Waals surface area contributed by atoms with Gasteiger partial charge in [-0.2, -0.15) is 10.2 Å². The van der Waals surface area contributed by atoms with Crippen molar-refractivity contribution in [2.75, 3.05) is 12.4 Å². The number of hydrogen-bond donors (Lipinski definition) is 2. The molecular formula is C13H12N4O2. The van der Waals surface area contributed by atoms with Crippen LogP contribution in [0.15, 0.2) is 35.1 Å². The Morgan fingerprint density at radius 1 is 1.42 bits per heavy atom. The monoisotopic (exact) mass is 256 g/mol. The van der Waals surface area contributed by atoms with E-state index in [4.69, 9.17) is 10.00 Å². The Hall–Kier alpha value is -2.81. The van der Waals surface area contributed by atoms with Crippen LogP contribution >= 0.6 is 0 Å². The first-order valence-corrected chi connectivity index (χ1v) is 5.59. The molecule has 0 amide bonds. The Morgan fingerprint density at radius 3 is 2.79 bits per heavy atom. The molecule has 0 aliphatic carbocycles. The lowest BCUT2D eigenvalue weighted by molar-refractivity contribution is 0.414. The first kappa shape index (κ1) is 12.6. The summed E-state index contributed by atoms with van der Waals surface area (Å²) in [5.74, 6) is 1.15. The minimum Gasteiger partial charge on any atom is -0.497 e. The van der Waals surface area contributed by atoms with Gasteiger partial charge in [0.25, 0.3) is 0 Å². The molecule has 2 N–H and O–H groups in total. The van der Waals surface area contributed by atoms with Gasteiger partial charge >= 0.3 is 5.69 Å². The molecular weight excluding hydrogens is 244 g/mol. The maximum atomic E-state index is 11.2. The molecule has 6 nitrogen and oxygen atoms in total. The van der Waals surface area contributed by atoms with E-state index in [2.05, 4.69) is 15.3 Å². The number of methoxy groups -OCH3 is 1. The van der Waals surface area contributed by atoms with Gasteiger partial charge in [0.05, 0.1) is 7.11 Å². The van der Waals surface area contributed by atoms with Gasteiger partial charge in [0.1, 0.15) is 23.3 Å². The highest BCUT2D eigenvalue weighted by Crippen LogP contribution is 2.12. The molecule has 0 radical (unpaired) electrons. The van der Waals surface area contributed by atoms with E-state index in [1.165, 1.54) is 6.07 Å². The number of ether oxygens (including phenoxy) is 1. The summed E-state index contributed by atoms with van der Waals surface area (Å²) in [6.07, 6.45) is 0. The molecule has 0 aliphatic rings. The van der Waals surface area contributed by atoms with E-state index in [0.29, 0.717) is 12.4 Å². The van der Waals surface area contributed by atoms with Gasteiger partial charge in [0.2, 0.25) is 0 Å². The molecule has 0 bridgehead atoms. The summed E-state index contributed by atoms with van der Waals surface area (Å²) >= 11 is 0. The van der Waals surface area contributed by atoms with Crippen LogP contribution in [0.2, 0.25) is 0 Å². The van der Waals surface area contributed by atoms with Crippen molar-refractivity contribution in [2.45, 2.75) is 6.54 Å². The van der Waals surface area contributed by atoms with Crippen molar-refractivity contribution >= 4 is 5.82 Å². The number of hydrogen-bond acceptors (Lipinski definition) is 5. The van der Waals surface area contributed by atoms with Gasteiger partial charge in [-0.15, -0.1) is 0 Å². The number of aromatic nitrogens is 2. The molecule has 96 valence electrons. The van der Waals surface area contributed by atoms with E-state index in [9.17, 15) is 4.79 Å². The topological polar surface area (TPSA) is 90.8 Å². The Bertz CT molecular complexity index is 656. The van der Waals surface area contributed by atoms with Crippen molar-refractivity contribution in [3.63, 3.8) is 0 Å². The number of rotatable bonds is 4. The number of nitriles is 1. The second kappa shape index (κ2) is 5.69. The van der Waals surface area contributed by atoms with Gasteiger partial charge < -0.3 is 10.1 Å². The molecule has 0 unspecified atom stereocenters. The Labute approximate surface area is 109 Å². The van der Waals surface area contributed by atoms with Gasteiger partial charge in [0.15, 0.2) is 0 Å². The second-order valence-electron chi connectivity index (χ2n) is 3.80. The van der Waals surface area contributed by atoms with E-state index >= 15 is 0 Å². The predicted molar refractivity (Wildman–Crippen MR) is 69.9 cm³/mol. The Balaban J connectivity index is 2.07. The highest BCUT2D eigenvalue weighted by molar-refractivity contribution is 5.40. The van der Waals surface area contributed by atoms with Crippen molar-refractivity contribution in [1.29, 1.82) is 5.26 Å². The van der Waals surface area contributed by atoms with Crippen LogP contribution in [0.3, 0.4) is 0 Å². The van der Waals surface area contributed by atoms with Gasteiger partial charge in [-0.1, -0.05) is 12.1 Å². The zero-order valence-electron chi connectivity index (χ0n) is 10.3. The maximum absolute atomic E-state index is 11.2. The fraction of sp³-hybridized carbons (Fsp3) is 0.154. The number of H-pyrrole nitrogens is 1. The number of anilines is 1. The smallest absolute Gasteiger partial charge is 0.347 e. The molecule has 1 aromatic carbocycles. The van der Waals surface area contributed by atoms with Crippen LogP contribution in [0.5, 0.6) is 5.75 Å². The van der Waals surface area contributed by atoms with E-state index in [0.717, 1.165) is 11.3 Å². The Morgan fingerprint density at radius 2 is 2.16 bits per heavy atom. The summed E-state index contributed by atoms with van der Waals surface area (Å²) in [7, 11) is 1.61. The summed E-state index contributed by atoms with van der Waals surface area (Å²) in [5.41, 5.74) is 0.648. The lowest BCUT2D eigenvalue weighted by Gasteiger charge is -2.06. The summed E-state index contributed by atoms with van der Waals surface area (Å²) in [4.78, 5) is 17.2. The van der Waals surface area contributed by atoms with Crippen molar-refractivity contribution < 1.29 is 4.74 Å². The van der Waals surface area contributed by atoms with Gasteiger partial charge in [-0.25, -0.2) is 4.79 Å². The molecule has 19 heavy (non-hydrogen) atoms. The number of aromatic amines is 1. The third-order valence-electron chi connectivity index (χ3n) is 2.50. The first-order chi connectivity index (χ1) is 9.21. The van der Waals surface area contributed by atoms with Crippen LogP contribution in [0.4, 0.5) is 5.82 Å². The quantitative estimate of drug-likeness (QED) is 0.859. The van der Waals surface area contributed by atoms with Gasteiger partial charge in [-0.05, 0) is 17.7 Å². The fourth-order valence-electron chi connectivity index (χ4n) is 1.54. The molecule has 0 atom stereocenters. The summed E-state index contributed by atoms with van der Waals surface area (Å²) < 4.78 is 5.06. The molecule has 0 saturated carbocycles. The highest BCUT2D eigenvalue weighted by atomic mass is 16.5. The largest absolute Gasteiger partial charge is 0.497 e. The average molecular weight is 256 g/mol. The van der Waals surface area contributed by atoms with Crippen LogP contribution < -0.4 is 15.7 Å². The van der Waals surface area contributed by atoms with Crippen LogP contribution in [-0.4, -0.2) is 17.1 Å². The van der Waals surface area contributed by atoms with Crippen molar-refractivity contribution in [1.82, 2.24) is 9.97 Å². The molecule has 1 aromatic heterocycles. The zero-order valence-corrected chi connectivity index (χ0v) is 10.3. The summed E-state index contributed by atoms with van der Waals surface area (Å²) in [6.45, 7) is 0.505. The minimum atomic E-state index is -0.545. The van der Waals surface area contributed by atoms with Crippen molar-refractivity contribution in [2.24, 2.45) is 0 Å². The third-order valence-corrected chi connectivity index (χ3v) is 2.50. The molecule has 0 saturated heterocycles. The van der Waals surface area contributed by atoms with E-state index in [1.54, 1.807) is 7.11 Å². The number of nitrogens with one attached hydrogen (secondary N) is 2. The van der Waals surface area contributed by atoms with E-state index in [-0.39, 0.29) is 5.69 Å². The lowest BCUT2D eigenvalue weighted by Crippen LogP contribution is -2.14. The molecule has 0 fully saturated rings. The third kappa shape index (κ3) is 3.33. The highest BCUT2D eigenvalue weighted by Gasteiger charge is 2.00. The molecule has 0 spiro atoms. The van der Waals surface area contributed by atoms with Crippen LogP contribution in [-0.2, 0) is 6.54 Å². The van der Waals surface area contributed by atoms with Crippen LogP contribution in [0.1, 0.15) is 11.3 Å². The molecule has 6 heteroatoms. The number of nitrogens with zero attached hydrogens (tertiary/aromatic N) is 2. The molecule has 2 aromatic rings. The van der Waals surface area contributed by atoms with Crippen LogP contribution in [0, 0.1) is 11.3 Å². The SMILES string of the molecule is COc1ccc(CNc2cc(C#N)[nH]c(=O)n2)cc1. The maximum Gasteiger partial charge on any atom is 0.347 e. The molecule has 1 heterocycles. The standard InChI is InChI=1S/C13H12N4O2/c1-19-11-4-2-9(3-5-11)8-15-12-6-10(7-14)16-13(18)17-12/h2-6H,8H2,1H3,(H2,15,16,17,18). The summed E-state index contributed by atoms with van der Waals surface area (Å²) in [6, 6.07) is 10.9. The van der Waals surface area contributed by atoms with Gasteiger partial charge in [0, 0.05) is 12.6 Å². The Kier molecular flexibility index (Phi) is 3.78. The van der Waals surface area contributed by atoms with Crippen molar-refractivity contribution in [3.8, 4) is 11.8 Å². The lowest BCUT2D eigenvalue weighted by atomic mass is 10.2. The predicted octanol–water partition coefficient (Wildman–Crippen LogP) is 1.26. The van der Waals surface area contributed by atoms with Gasteiger partial charge in [-0.3, -0.25) is 4.98 Å². The van der Waals surface area contributed by atoms with E-state index in [1.807, 2.05) is 30.3 Å². The minimum absolute atomic E-state index is 0.178. The fourth-order valence-corrected chi connectivity index (χ4v) is 1.54. The first-order valence-electron chi connectivity index (χ1n) is 5.59.